The van der Waals surface area contributed by atoms with E-state index >= 15 is 0 Å². The zero-order valence-electron chi connectivity index (χ0n) is 14.4. The number of rotatable bonds is 11. The minimum Gasteiger partial charge on any atom is -0.496 e. The molecule has 0 saturated carbocycles. The number of ether oxygens (including phenoxy) is 2. The Morgan fingerprint density at radius 1 is 1.29 bits per heavy atom. The van der Waals surface area contributed by atoms with Gasteiger partial charge >= 0.3 is 5.97 Å². The summed E-state index contributed by atoms with van der Waals surface area (Å²) >= 11 is 0. The van der Waals surface area contributed by atoms with Crippen molar-refractivity contribution in [3.63, 3.8) is 0 Å². The fourth-order valence-electron chi connectivity index (χ4n) is 2.43. The van der Waals surface area contributed by atoms with Gasteiger partial charge in [0, 0.05) is 0 Å². The summed E-state index contributed by atoms with van der Waals surface area (Å²) < 4.78 is 10.6. The molecule has 24 heavy (non-hydrogen) atoms. The molecule has 7 heteroatoms. The Labute approximate surface area is 142 Å². The number of unbranched alkanes of at least 4 members (excludes halogenated alkanes) is 1. The van der Waals surface area contributed by atoms with Crippen molar-refractivity contribution in [2.75, 3.05) is 20.3 Å². The molecule has 0 aliphatic rings. The number of hydrogen-bond donors (Lipinski definition) is 0. The Bertz CT molecular complexity index is 546. The van der Waals surface area contributed by atoms with Gasteiger partial charge in [-0.05, 0) is 42.9 Å². The van der Waals surface area contributed by atoms with E-state index in [1.807, 2.05) is 6.07 Å². The quantitative estimate of drug-likeness (QED) is 0.264. The third kappa shape index (κ3) is 6.44. The molecule has 134 valence electrons. The van der Waals surface area contributed by atoms with Gasteiger partial charge in [-0.25, -0.2) is 4.79 Å². The van der Waals surface area contributed by atoms with Crippen LogP contribution in [0.25, 0.3) is 0 Å². The minimum atomic E-state index is -0.834. The SMILES string of the molecule is CCCC(C)c1ccc(C(=O)OCCCCO[N+](=O)[O-])cc1OC. The van der Waals surface area contributed by atoms with E-state index in [-0.39, 0.29) is 13.2 Å². The Balaban J connectivity index is 2.54. The molecule has 0 aliphatic heterocycles. The molecule has 7 nitrogen and oxygen atoms in total. The molecule has 0 radical (unpaired) electrons. The number of carbonyl (C=O) groups is 1. The van der Waals surface area contributed by atoms with Crippen molar-refractivity contribution in [2.24, 2.45) is 0 Å². The molecule has 0 fully saturated rings. The van der Waals surface area contributed by atoms with Crippen molar-refractivity contribution in [3.8, 4) is 5.75 Å². The van der Waals surface area contributed by atoms with Crippen LogP contribution in [0.15, 0.2) is 18.2 Å². The fraction of sp³-hybridized carbons (Fsp3) is 0.588. The molecule has 1 rings (SSSR count). The largest absolute Gasteiger partial charge is 0.496 e. The van der Waals surface area contributed by atoms with Crippen molar-refractivity contribution >= 4 is 5.97 Å². The second-order valence-corrected chi connectivity index (χ2v) is 5.55. The first-order valence-electron chi connectivity index (χ1n) is 8.12. The first kappa shape index (κ1) is 19.7. The molecule has 0 saturated heterocycles. The van der Waals surface area contributed by atoms with E-state index < -0.39 is 11.1 Å². The van der Waals surface area contributed by atoms with Gasteiger partial charge < -0.3 is 14.3 Å². The maximum atomic E-state index is 12.0. The molecule has 1 atom stereocenters. The van der Waals surface area contributed by atoms with E-state index in [1.165, 1.54) is 0 Å². The van der Waals surface area contributed by atoms with Crippen LogP contribution in [0, 0.1) is 10.1 Å². The average molecular weight is 339 g/mol. The third-order valence-corrected chi connectivity index (χ3v) is 3.69. The van der Waals surface area contributed by atoms with E-state index in [1.54, 1.807) is 19.2 Å². The molecular formula is C17H25NO6. The second-order valence-electron chi connectivity index (χ2n) is 5.55. The van der Waals surface area contributed by atoms with E-state index in [4.69, 9.17) is 9.47 Å². The van der Waals surface area contributed by atoms with Gasteiger partial charge in [0.25, 0.3) is 5.09 Å². The lowest BCUT2D eigenvalue weighted by atomic mass is 9.94. The zero-order valence-corrected chi connectivity index (χ0v) is 14.4. The number of benzene rings is 1. The summed E-state index contributed by atoms with van der Waals surface area (Å²) in [5.74, 6) is 0.611. The standard InChI is InChI=1S/C17H25NO6/c1-4-7-13(2)15-9-8-14(12-16(15)22-3)17(19)23-10-5-6-11-24-18(20)21/h8-9,12-13H,4-7,10-11H2,1-3H3. The number of carbonyl (C=O) groups excluding carboxylic acids is 1. The van der Waals surface area contributed by atoms with Gasteiger partial charge in [-0.15, -0.1) is 10.1 Å². The summed E-state index contributed by atoms with van der Waals surface area (Å²) in [6.45, 7) is 4.45. The Hall–Kier alpha value is -2.31. The lowest BCUT2D eigenvalue weighted by molar-refractivity contribution is -0.757. The molecule has 0 aliphatic carbocycles. The van der Waals surface area contributed by atoms with Crippen LogP contribution in [0.4, 0.5) is 0 Å². The van der Waals surface area contributed by atoms with Gasteiger partial charge in [0.15, 0.2) is 0 Å². The Morgan fingerprint density at radius 2 is 2.00 bits per heavy atom. The predicted octanol–water partition coefficient (Wildman–Crippen LogP) is 3.74. The van der Waals surface area contributed by atoms with Crippen LogP contribution < -0.4 is 4.74 Å². The third-order valence-electron chi connectivity index (χ3n) is 3.69. The molecule has 1 unspecified atom stereocenters. The van der Waals surface area contributed by atoms with Crippen molar-refractivity contribution < 1.29 is 24.2 Å². The van der Waals surface area contributed by atoms with Crippen LogP contribution in [-0.2, 0) is 9.57 Å². The van der Waals surface area contributed by atoms with Gasteiger partial charge in [-0.3, -0.25) is 0 Å². The van der Waals surface area contributed by atoms with Gasteiger partial charge in [0.2, 0.25) is 0 Å². The number of esters is 1. The summed E-state index contributed by atoms with van der Waals surface area (Å²) in [6, 6.07) is 5.34. The maximum absolute atomic E-state index is 12.0. The summed E-state index contributed by atoms with van der Waals surface area (Å²) in [7, 11) is 1.59. The smallest absolute Gasteiger partial charge is 0.338 e. The molecule has 1 aromatic carbocycles. The Morgan fingerprint density at radius 3 is 2.62 bits per heavy atom. The topological polar surface area (TPSA) is 87.9 Å². The van der Waals surface area contributed by atoms with Crippen molar-refractivity contribution in [3.05, 3.63) is 39.4 Å². The lowest BCUT2D eigenvalue weighted by Crippen LogP contribution is -2.09. The molecular weight excluding hydrogens is 314 g/mol. The van der Waals surface area contributed by atoms with Crippen LogP contribution in [0.3, 0.4) is 0 Å². The Kier molecular flexibility index (Phi) is 8.60. The zero-order chi connectivity index (χ0) is 17.9. The number of methoxy groups -OCH3 is 1. The van der Waals surface area contributed by atoms with Crippen LogP contribution in [-0.4, -0.2) is 31.4 Å². The van der Waals surface area contributed by atoms with Crippen LogP contribution in [0.5, 0.6) is 5.75 Å². The number of hydrogen-bond acceptors (Lipinski definition) is 6. The summed E-state index contributed by atoms with van der Waals surface area (Å²) in [5, 5.41) is 9.15. The molecule has 1 aromatic rings. The van der Waals surface area contributed by atoms with Gasteiger partial charge in [0.05, 0.1) is 25.9 Å². The summed E-state index contributed by atoms with van der Waals surface area (Å²) in [5.41, 5.74) is 1.51. The van der Waals surface area contributed by atoms with E-state index in [0.717, 1.165) is 18.4 Å². The van der Waals surface area contributed by atoms with E-state index in [2.05, 4.69) is 18.7 Å². The van der Waals surface area contributed by atoms with Gasteiger partial charge in [-0.1, -0.05) is 26.3 Å². The normalized spacial score (nSPS) is 11.6. The fourth-order valence-corrected chi connectivity index (χ4v) is 2.43. The predicted molar refractivity (Wildman–Crippen MR) is 88.8 cm³/mol. The van der Waals surface area contributed by atoms with Crippen LogP contribution in [0.1, 0.15) is 61.4 Å². The summed E-state index contributed by atoms with van der Waals surface area (Å²) in [4.78, 5) is 26.2. The molecule has 0 bridgehead atoms. The van der Waals surface area contributed by atoms with Gasteiger partial charge in [0.1, 0.15) is 5.75 Å². The monoisotopic (exact) mass is 339 g/mol. The van der Waals surface area contributed by atoms with Gasteiger partial charge in [-0.2, -0.15) is 0 Å². The molecule has 0 amide bonds. The van der Waals surface area contributed by atoms with Crippen molar-refractivity contribution in [2.45, 2.75) is 45.4 Å². The lowest BCUT2D eigenvalue weighted by Gasteiger charge is -2.16. The van der Waals surface area contributed by atoms with Crippen LogP contribution in [0.2, 0.25) is 0 Å². The number of nitrogens with zero attached hydrogens (tertiary/aromatic N) is 1. The first-order valence-corrected chi connectivity index (χ1v) is 8.12. The molecule has 0 spiro atoms. The highest BCUT2D eigenvalue weighted by molar-refractivity contribution is 5.90. The molecule has 0 aromatic heterocycles. The first-order chi connectivity index (χ1) is 11.5. The maximum Gasteiger partial charge on any atom is 0.338 e. The van der Waals surface area contributed by atoms with Crippen molar-refractivity contribution in [1.82, 2.24) is 0 Å². The van der Waals surface area contributed by atoms with Crippen LogP contribution >= 0.6 is 0 Å². The highest BCUT2D eigenvalue weighted by Crippen LogP contribution is 2.30. The van der Waals surface area contributed by atoms with E-state index in [0.29, 0.717) is 30.1 Å². The average Bonchev–Trinajstić information content (AvgIpc) is 2.57. The van der Waals surface area contributed by atoms with E-state index in [9.17, 15) is 14.9 Å². The summed E-state index contributed by atoms with van der Waals surface area (Å²) in [6.07, 6.45) is 3.08. The minimum absolute atomic E-state index is 0.00237. The molecule has 0 N–H and O–H groups in total. The van der Waals surface area contributed by atoms with Crippen molar-refractivity contribution in [1.29, 1.82) is 0 Å². The highest BCUT2D eigenvalue weighted by Gasteiger charge is 2.15. The second kappa shape index (κ2) is 10.5. The highest BCUT2D eigenvalue weighted by atomic mass is 16.9. The molecule has 0 heterocycles.